The number of nitrogens with zero attached hydrogens (tertiary/aromatic N) is 2. The van der Waals surface area contributed by atoms with Gasteiger partial charge in [0.15, 0.2) is 5.78 Å². The van der Waals surface area contributed by atoms with Gasteiger partial charge in [-0.2, -0.15) is 0 Å². The summed E-state index contributed by atoms with van der Waals surface area (Å²) in [6.07, 6.45) is 1.02. The normalized spacial score (nSPS) is 16.6. The van der Waals surface area contributed by atoms with Crippen LogP contribution < -0.4 is 5.32 Å². The molecule has 2 aromatic heterocycles. The largest absolute Gasteiger partial charge is 0.351 e. The summed E-state index contributed by atoms with van der Waals surface area (Å²) in [6.45, 7) is 2.75. The van der Waals surface area contributed by atoms with Crippen molar-refractivity contribution in [2.45, 2.75) is 25.8 Å². The first-order valence-corrected chi connectivity index (χ1v) is 9.98. The van der Waals surface area contributed by atoms with Gasteiger partial charge in [-0.25, -0.2) is 4.98 Å². The van der Waals surface area contributed by atoms with E-state index < -0.39 is 0 Å². The molecular formula is C22H19ClN4O2. The Balaban J connectivity index is 1.50. The molecule has 146 valence electrons. The van der Waals surface area contributed by atoms with Gasteiger partial charge in [0.05, 0.1) is 17.5 Å². The molecule has 0 spiro atoms. The molecule has 5 rings (SSSR count). The van der Waals surface area contributed by atoms with Crippen molar-refractivity contribution in [1.82, 2.24) is 19.9 Å². The fraction of sp³-hybridized carbons (Fsp3) is 0.227. The van der Waals surface area contributed by atoms with Crippen LogP contribution in [0.15, 0.2) is 42.5 Å². The van der Waals surface area contributed by atoms with E-state index in [1.54, 1.807) is 12.1 Å². The number of hydrogen-bond donors (Lipinski definition) is 2. The summed E-state index contributed by atoms with van der Waals surface area (Å²) in [5, 5.41) is 4.51. The minimum Gasteiger partial charge on any atom is -0.351 e. The summed E-state index contributed by atoms with van der Waals surface area (Å²) in [4.78, 5) is 32.9. The van der Waals surface area contributed by atoms with E-state index in [0.717, 1.165) is 28.4 Å². The molecule has 0 saturated heterocycles. The van der Waals surface area contributed by atoms with Gasteiger partial charge in [-0.15, -0.1) is 0 Å². The standard InChI is InChI=1S/C22H19ClN4O2/c1-12-6-7-24-22(29)19-8-13-2-3-14(9-18(13)27(12)19)20(28)11-21-25-16-5-4-15(23)10-17(16)26-21/h2-5,8-10,12H,6-7,11H2,1H3,(H,24,29)(H,25,26). The number of aromatic amines is 1. The van der Waals surface area contributed by atoms with Gasteiger partial charge in [0.2, 0.25) is 0 Å². The molecule has 1 aliphatic heterocycles. The highest BCUT2D eigenvalue weighted by Crippen LogP contribution is 2.28. The molecule has 4 aromatic rings. The lowest BCUT2D eigenvalue weighted by atomic mass is 10.1. The number of hydrogen-bond acceptors (Lipinski definition) is 3. The van der Waals surface area contributed by atoms with Crippen LogP contribution in [0, 0.1) is 0 Å². The Morgan fingerprint density at radius 1 is 1.24 bits per heavy atom. The van der Waals surface area contributed by atoms with Crippen molar-refractivity contribution >= 4 is 45.2 Å². The molecule has 0 fully saturated rings. The molecule has 6 nitrogen and oxygen atoms in total. The number of Topliss-reactive ketones (excluding diaryl/α,β-unsaturated/α-hetero) is 1. The van der Waals surface area contributed by atoms with Crippen LogP contribution in [-0.2, 0) is 6.42 Å². The third-order valence-corrected chi connectivity index (χ3v) is 5.74. The van der Waals surface area contributed by atoms with E-state index in [9.17, 15) is 9.59 Å². The van der Waals surface area contributed by atoms with E-state index in [1.165, 1.54) is 0 Å². The minimum absolute atomic E-state index is 0.0293. The van der Waals surface area contributed by atoms with E-state index in [-0.39, 0.29) is 24.2 Å². The maximum absolute atomic E-state index is 12.9. The van der Waals surface area contributed by atoms with Crippen LogP contribution in [0.2, 0.25) is 5.02 Å². The lowest BCUT2D eigenvalue weighted by Gasteiger charge is -2.14. The monoisotopic (exact) mass is 406 g/mol. The third kappa shape index (κ3) is 3.09. The van der Waals surface area contributed by atoms with Gasteiger partial charge in [0.25, 0.3) is 5.91 Å². The molecular weight excluding hydrogens is 388 g/mol. The Labute approximate surface area is 171 Å². The highest BCUT2D eigenvalue weighted by molar-refractivity contribution is 6.31. The molecule has 1 atom stereocenters. The van der Waals surface area contributed by atoms with E-state index in [1.807, 2.05) is 34.9 Å². The van der Waals surface area contributed by atoms with Gasteiger partial charge in [-0.05, 0) is 43.7 Å². The quantitative estimate of drug-likeness (QED) is 0.498. The van der Waals surface area contributed by atoms with Crippen LogP contribution in [0.25, 0.3) is 21.9 Å². The Morgan fingerprint density at radius 2 is 2.10 bits per heavy atom. The lowest BCUT2D eigenvalue weighted by molar-refractivity contribution is 0.0950. The fourth-order valence-corrected chi connectivity index (χ4v) is 4.20. The second-order valence-electron chi connectivity index (χ2n) is 7.51. The van der Waals surface area contributed by atoms with Gasteiger partial charge in [-0.1, -0.05) is 23.7 Å². The number of carbonyl (C=O) groups is 2. The van der Waals surface area contributed by atoms with Crippen LogP contribution in [0.5, 0.6) is 0 Å². The van der Waals surface area contributed by atoms with Crippen LogP contribution in [0.1, 0.15) is 46.1 Å². The minimum atomic E-state index is -0.0700. The molecule has 0 aliphatic carbocycles. The first-order chi connectivity index (χ1) is 14.0. The molecule has 0 radical (unpaired) electrons. The molecule has 3 heterocycles. The highest BCUT2D eigenvalue weighted by atomic mass is 35.5. The van der Waals surface area contributed by atoms with Gasteiger partial charge >= 0.3 is 0 Å². The van der Waals surface area contributed by atoms with E-state index >= 15 is 0 Å². The van der Waals surface area contributed by atoms with Gasteiger partial charge in [0.1, 0.15) is 11.5 Å². The maximum Gasteiger partial charge on any atom is 0.267 e. The molecule has 0 saturated carbocycles. The Hall–Kier alpha value is -3.12. The number of imidazole rings is 1. The van der Waals surface area contributed by atoms with Crippen LogP contribution in [0.3, 0.4) is 0 Å². The predicted molar refractivity (Wildman–Crippen MR) is 113 cm³/mol. The third-order valence-electron chi connectivity index (χ3n) is 5.51. The van der Waals surface area contributed by atoms with Crippen molar-refractivity contribution in [3.63, 3.8) is 0 Å². The molecule has 29 heavy (non-hydrogen) atoms. The number of nitrogens with one attached hydrogen (secondary N) is 2. The maximum atomic E-state index is 12.9. The summed E-state index contributed by atoms with van der Waals surface area (Å²) in [5.41, 5.74) is 3.75. The summed E-state index contributed by atoms with van der Waals surface area (Å²) >= 11 is 6.02. The highest BCUT2D eigenvalue weighted by Gasteiger charge is 2.23. The first-order valence-electron chi connectivity index (χ1n) is 9.60. The van der Waals surface area contributed by atoms with Crippen LogP contribution in [0.4, 0.5) is 0 Å². The van der Waals surface area contributed by atoms with Gasteiger partial charge in [-0.3, -0.25) is 9.59 Å². The SMILES string of the molecule is CC1CCNC(=O)c2cc3ccc(C(=O)Cc4nc5ccc(Cl)cc5[nH]4)cc3n21. The lowest BCUT2D eigenvalue weighted by Crippen LogP contribution is -2.22. The van der Waals surface area contributed by atoms with Crippen molar-refractivity contribution in [1.29, 1.82) is 0 Å². The van der Waals surface area contributed by atoms with Crippen LogP contribution >= 0.6 is 11.6 Å². The Kier molecular flexibility index (Phi) is 4.17. The van der Waals surface area contributed by atoms with E-state index in [4.69, 9.17) is 11.6 Å². The van der Waals surface area contributed by atoms with E-state index in [2.05, 4.69) is 22.2 Å². The number of carbonyl (C=O) groups excluding carboxylic acids is 2. The number of H-pyrrole nitrogens is 1. The zero-order chi connectivity index (χ0) is 20.1. The zero-order valence-electron chi connectivity index (χ0n) is 15.8. The second-order valence-corrected chi connectivity index (χ2v) is 7.95. The Bertz CT molecular complexity index is 1290. The first kappa shape index (κ1) is 17.9. The van der Waals surface area contributed by atoms with Crippen molar-refractivity contribution in [2.24, 2.45) is 0 Å². The summed E-state index contributed by atoms with van der Waals surface area (Å²) in [5.74, 6) is 0.506. The van der Waals surface area contributed by atoms with Crippen LogP contribution in [-0.4, -0.2) is 32.8 Å². The van der Waals surface area contributed by atoms with Crippen molar-refractivity contribution in [2.75, 3.05) is 6.54 Å². The average molecular weight is 407 g/mol. The summed E-state index contributed by atoms with van der Waals surface area (Å²) in [7, 11) is 0. The van der Waals surface area contributed by atoms with Gasteiger partial charge < -0.3 is 14.9 Å². The van der Waals surface area contributed by atoms with Gasteiger partial charge in [0, 0.05) is 34.1 Å². The second kappa shape index (κ2) is 6.74. The number of benzene rings is 2. The van der Waals surface area contributed by atoms with Crippen molar-refractivity contribution in [3.8, 4) is 0 Å². The molecule has 1 aliphatic rings. The summed E-state index contributed by atoms with van der Waals surface area (Å²) in [6, 6.07) is 13.1. The smallest absolute Gasteiger partial charge is 0.267 e. The number of amides is 1. The number of ketones is 1. The predicted octanol–water partition coefficient (Wildman–Crippen LogP) is 4.29. The molecule has 7 heteroatoms. The summed E-state index contributed by atoms with van der Waals surface area (Å²) < 4.78 is 2.04. The van der Waals surface area contributed by atoms with Crippen molar-refractivity contribution < 1.29 is 9.59 Å². The number of fused-ring (bicyclic) bond motifs is 4. The molecule has 1 amide bonds. The average Bonchev–Trinajstić information content (AvgIpc) is 3.23. The topological polar surface area (TPSA) is 79.8 Å². The zero-order valence-corrected chi connectivity index (χ0v) is 16.6. The molecule has 2 aromatic carbocycles. The number of aromatic nitrogens is 3. The van der Waals surface area contributed by atoms with Crippen molar-refractivity contribution in [3.05, 3.63) is 64.6 Å². The Morgan fingerprint density at radius 3 is 2.97 bits per heavy atom. The number of rotatable bonds is 3. The molecule has 0 bridgehead atoms. The fourth-order valence-electron chi connectivity index (χ4n) is 4.03. The van der Waals surface area contributed by atoms with E-state index in [0.29, 0.717) is 28.6 Å². The molecule has 1 unspecified atom stereocenters. The molecule has 2 N–H and O–H groups in total. The number of halogens is 1.